The van der Waals surface area contributed by atoms with Crippen LogP contribution in [0.5, 0.6) is 0 Å². The highest BCUT2D eigenvalue weighted by atomic mass is 16.6. The highest BCUT2D eigenvalue weighted by Gasteiger charge is 2.29. The van der Waals surface area contributed by atoms with Gasteiger partial charge < -0.3 is 10.6 Å². The molecule has 0 bridgehead atoms. The molecule has 2 rings (SSSR count). The van der Waals surface area contributed by atoms with Crippen LogP contribution >= 0.6 is 0 Å². The fourth-order valence-electron chi connectivity index (χ4n) is 1.87. The first kappa shape index (κ1) is 14.3. The minimum absolute atomic E-state index is 0.0570. The summed E-state index contributed by atoms with van der Waals surface area (Å²) >= 11 is 0. The number of nitro benzene ring substituents is 1. The van der Waals surface area contributed by atoms with Gasteiger partial charge in [0, 0.05) is 17.6 Å². The number of hydrogen-bond acceptors (Lipinski definition) is 4. The van der Waals surface area contributed by atoms with Crippen LogP contribution in [0, 0.1) is 10.1 Å². The van der Waals surface area contributed by atoms with Gasteiger partial charge in [0.25, 0.3) is 11.6 Å². The molecule has 0 aromatic heterocycles. The number of nitro groups is 1. The summed E-state index contributed by atoms with van der Waals surface area (Å²) in [4.78, 5) is 22.9. The minimum atomic E-state index is -0.460. The van der Waals surface area contributed by atoms with Gasteiger partial charge in [-0.25, -0.2) is 0 Å². The Morgan fingerprint density at radius 3 is 2.50 bits per heavy atom. The zero-order valence-corrected chi connectivity index (χ0v) is 11.9. The molecule has 0 atom stereocenters. The van der Waals surface area contributed by atoms with E-state index in [-0.39, 0.29) is 17.6 Å². The lowest BCUT2D eigenvalue weighted by atomic mass is 10.1. The highest BCUT2D eigenvalue weighted by Crippen LogP contribution is 2.33. The van der Waals surface area contributed by atoms with Crippen LogP contribution in [0.25, 0.3) is 0 Å². The van der Waals surface area contributed by atoms with E-state index in [4.69, 9.17) is 0 Å². The molecule has 0 aliphatic heterocycles. The molecule has 1 aromatic rings. The van der Waals surface area contributed by atoms with Gasteiger partial charge in [0.1, 0.15) is 5.69 Å². The summed E-state index contributed by atoms with van der Waals surface area (Å²) in [5.41, 5.74) is 0.194. The van der Waals surface area contributed by atoms with Gasteiger partial charge in [-0.1, -0.05) is 6.07 Å². The molecular weight excluding hydrogens is 258 g/mol. The molecular formula is C14H19N3O3. The standard InChI is InChI=1S/C14H19N3O3/c1-14(2,3)16-13(18)10-5-4-6-11(17(19)20)12(10)15-9-7-8-9/h4-6,9,15H,7-8H2,1-3H3,(H,16,18). The summed E-state index contributed by atoms with van der Waals surface area (Å²) in [5, 5.41) is 17.1. The van der Waals surface area contributed by atoms with Gasteiger partial charge >= 0.3 is 0 Å². The van der Waals surface area contributed by atoms with Crippen molar-refractivity contribution < 1.29 is 9.72 Å². The molecule has 0 unspecified atom stereocenters. The fourth-order valence-corrected chi connectivity index (χ4v) is 1.87. The van der Waals surface area contributed by atoms with Gasteiger partial charge in [0.2, 0.25) is 0 Å². The van der Waals surface area contributed by atoms with Crippen molar-refractivity contribution >= 4 is 17.3 Å². The Bertz CT molecular complexity index is 545. The van der Waals surface area contributed by atoms with Crippen molar-refractivity contribution in [1.82, 2.24) is 5.32 Å². The largest absolute Gasteiger partial charge is 0.376 e. The van der Waals surface area contributed by atoms with E-state index in [1.54, 1.807) is 6.07 Å². The smallest absolute Gasteiger partial charge is 0.293 e. The Balaban J connectivity index is 2.37. The molecule has 0 radical (unpaired) electrons. The first-order valence-electron chi connectivity index (χ1n) is 6.64. The second-order valence-electron chi connectivity index (χ2n) is 6.08. The third-order valence-electron chi connectivity index (χ3n) is 2.90. The van der Waals surface area contributed by atoms with Crippen molar-refractivity contribution in [2.75, 3.05) is 5.32 Å². The monoisotopic (exact) mass is 277 g/mol. The van der Waals surface area contributed by atoms with E-state index in [0.29, 0.717) is 11.3 Å². The summed E-state index contributed by atoms with van der Waals surface area (Å²) in [7, 11) is 0. The zero-order chi connectivity index (χ0) is 14.9. The quantitative estimate of drug-likeness (QED) is 0.654. The lowest BCUT2D eigenvalue weighted by molar-refractivity contribution is -0.384. The lowest BCUT2D eigenvalue weighted by Gasteiger charge is -2.21. The van der Waals surface area contributed by atoms with Gasteiger partial charge in [-0.2, -0.15) is 0 Å². The van der Waals surface area contributed by atoms with E-state index in [2.05, 4.69) is 10.6 Å². The molecule has 0 saturated heterocycles. The maximum atomic E-state index is 12.3. The molecule has 1 fully saturated rings. The van der Waals surface area contributed by atoms with Crippen molar-refractivity contribution in [2.45, 2.75) is 45.2 Å². The minimum Gasteiger partial charge on any atom is -0.376 e. The van der Waals surface area contributed by atoms with E-state index < -0.39 is 10.5 Å². The molecule has 6 heteroatoms. The van der Waals surface area contributed by atoms with E-state index in [1.807, 2.05) is 20.8 Å². The van der Waals surface area contributed by atoms with Crippen molar-refractivity contribution in [3.05, 3.63) is 33.9 Å². The number of hydrogen-bond donors (Lipinski definition) is 2. The van der Waals surface area contributed by atoms with Crippen LogP contribution in [0.4, 0.5) is 11.4 Å². The second-order valence-corrected chi connectivity index (χ2v) is 6.08. The van der Waals surface area contributed by atoms with Crippen LogP contribution in [0.2, 0.25) is 0 Å². The number of anilines is 1. The van der Waals surface area contributed by atoms with Gasteiger partial charge in [-0.15, -0.1) is 0 Å². The SMILES string of the molecule is CC(C)(C)NC(=O)c1cccc([N+](=O)[O-])c1NC1CC1. The number of carbonyl (C=O) groups excluding carboxylic acids is 1. The number of benzene rings is 1. The van der Waals surface area contributed by atoms with Gasteiger partial charge in [0.15, 0.2) is 0 Å². The number of para-hydroxylation sites is 1. The molecule has 6 nitrogen and oxygen atoms in total. The molecule has 1 aliphatic rings. The van der Waals surface area contributed by atoms with Crippen LogP contribution in [-0.2, 0) is 0 Å². The highest BCUT2D eigenvalue weighted by molar-refractivity contribution is 6.02. The Morgan fingerprint density at radius 2 is 2.00 bits per heavy atom. The molecule has 1 amide bonds. The summed E-state index contributed by atoms with van der Waals surface area (Å²) in [6, 6.07) is 4.79. The predicted molar refractivity (Wildman–Crippen MR) is 77.0 cm³/mol. The molecule has 1 aromatic carbocycles. The topological polar surface area (TPSA) is 84.3 Å². The molecule has 1 saturated carbocycles. The van der Waals surface area contributed by atoms with Crippen LogP contribution in [0.1, 0.15) is 44.0 Å². The van der Waals surface area contributed by atoms with Crippen LogP contribution in [-0.4, -0.2) is 22.4 Å². The fraction of sp³-hybridized carbons (Fsp3) is 0.500. The average Bonchev–Trinajstić information content (AvgIpc) is 3.10. The molecule has 0 heterocycles. The first-order chi connectivity index (χ1) is 9.28. The Labute approximate surface area is 117 Å². The average molecular weight is 277 g/mol. The zero-order valence-electron chi connectivity index (χ0n) is 11.9. The molecule has 1 aliphatic carbocycles. The van der Waals surface area contributed by atoms with E-state index in [0.717, 1.165) is 12.8 Å². The van der Waals surface area contributed by atoms with Crippen LogP contribution < -0.4 is 10.6 Å². The van der Waals surface area contributed by atoms with Gasteiger partial charge in [0.05, 0.1) is 10.5 Å². The third-order valence-corrected chi connectivity index (χ3v) is 2.90. The number of nitrogens with zero attached hydrogens (tertiary/aromatic N) is 1. The summed E-state index contributed by atoms with van der Waals surface area (Å²) in [5.74, 6) is -0.302. The number of amides is 1. The third kappa shape index (κ3) is 3.46. The Kier molecular flexibility index (Phi) is 3.65. The number of carbonyl (C=O) groups is 1. The predicted octanol–water partition coefficient (Wildman–Crippen LogP) is 2.70. The van der Waals surface area contributed by atoms with Gasteiger partial charge in [-0.05, 0) is 39.7 Å². The lowest BCUT2D eigenvalue weighted by Crippen LogP contribution is -2.40. The van der Waals surface area contributed by atoms with Crippen molar-refractivity contribution in [3.63, 3.8) is 0 Å². The maximum absolute atomic E-state index is 12.3. The van der Waals surface area contributed by atoms with Crippen LogP contribution in [0.15, 0.2) is 18.2 Å². The maximum Gasteiger partial charge on any atom is 0.293 e. The van der Waals surface area contributed by atoms with E-state index >= 15 is 0 Å². The Morgan fingerprint density at radius 1 is 1.35 bits per heavy atom. The molecule has 108 valence electrons. The van der Waals surface area contributed by atoms with Crippen molar-refractivity contribution in [3.8, 4) is 0 Å². The second kappa shape index (κ2) is 5.11. The summed E-state index contributed by atoms with van der Waals surface area (Å²) in [6.45, 7) is 5.61. The van der Waals surface area contributed by atoms with Crippen molar-refractivity contribution in [2.24, 2.45) is 0 Å². The van der Waals surface area contributed by atoms with E-state index in [1.165, 1.54) is 12.1 Å². The normalized spacial score (nSPS) is 14.8. The molecule has 0 spiro atoms. The van der Waals surface area contributed by atoms with E-state index in [9.17, 15) is 14.9 Å². The molecule has 2 N–H and O–H groups in total. The summed E-state index contributed by atoms with van der Waals surface area (Å²) < 4.78 is 0. The van der Waals surface area contributed by atoms with Gasteiger partial charge in [-0.3, -0.25) is 14.9 Å². The number of rotatable bonds is 4. The summed E-state index contributed by atoms with van der Waals surface area (Å²) in [6.07, 6.45) is 1.96. The Hall–Kier alpha value is -2.11. The molecule has 20 heavy (non-hydrogen) atoms. The first-order valence-corrected chi connectivity index (χ1v) is 6.64. The van der Waals surface area contributed by atoms with Crippen molar-refractivity contribution in [1.29, 1.82) is 0 Å². The number of nitrogens with one attached hydrogen (secondary N) is 2. The van der Waals surface area contributed by atoms with Crippen LogP contribution in [0.3, 0.4) is 0 Å².